The number of amides is 1. The molecule has 1 saturated heterocycles. The first-order chi connectivity index (χ1) is 13.2. The summed E-state index contributed by atoms with van der Waals surface area (Å²) >= 11 is 18.0. The smallest absolute Gasteiger partial charge is 0.243 e. The van der Waals surface area contributed by atoms with Gasteiger partial charge in [-0.05, 0) is 44.0 Å². The maximum atomic E-state index is 12.8. The Morgan fingerprint density at radius 2 is 1.57 bits per heavy atom. The van der Waals surface area contributed by atoms with E-state index in [2.05, 4.69) is 5.32 Å². The molecule has 0 saturated carbocycles. The third-order valence-corrected chi connectivity index (χ3v) is 7.70. The normalized spacial score (nSPS) is 16.1. The number of anilines is 1. The maximum absolute atomic E-state index is 12.8. The molecule has 9 heteroatoms. The molecule has 0 aromatic heterocycles. The number of aryl methyl sites for hydroxylation is 1. The van der Waals surface area contributed by atoms with Crippen molar-refractivity contribution in [2.45, 2.75) is 24.7 Å². The molecule has 0 radical (unpaired) electrons. The highest BCUT2D eigenvalue weighted by Gasteiger charge is 2.32. The molecule has 2 aromatic rings. The highest BCUT2D eigenvalue weighted by Crippen LogP contribution is 2.33. The number of carbonyl (C=O) groups excluding carboxylic acids is 1. The zero-order valence-electron chi connectivity index (χ0n) is 15.1. The summed E-state index contributed by atoms with van der Waals surface area (Å²) in [4.78, 5) is 12.8. The zero-order valence-corrected chi connectivity index (χ0v) is 18.2. The minimum Gasteiger partial charge on any atom is -0.324 e. The van der Waals surface area contributed by atoms with Gasteiger partial charge in [0.2, 0.25) is 15.9 Å². The standard InChI is InChI=1S/C19H19Cl3N2O3S/c1-12-2-4-14(5-3-12)28(26,27)24-8-6-13(7-9-24)19(25)23-18-11-16(21)15(20)10-17(18)22/h2-5,10-11,13H,6-9H2,1H3,(H,23,25). The molecule has 0 bridgehead atoms. The van der Waals surface area contributed by atoms with E-state index in [1.54, 1.807) is 24.3 Å². The monoisotopic (exact) mass is 460 g/mol. The second kappa shape index (κ2) is 8.59. The molecule has 3 rings (SSSR count). The van der Waals surface area contributed by atoms with E-state index < -0.39 is 10.0 Å². The minimum absolute atomic E-state index is 0.215. The van der Waals surface area contributed by atoms with Gasteiger partial charge in [-0.2, -0.15) is 4.31 Å². The topological polar surface area (TPSA) is 66.5 Å². The van der Waals surface area contributed by atoms with E-state index in [4.69, 9.17) is 34.8 Å². The van der Waals surface area contributed by atoms with Crippen LogP contribution in [-0.2, 0) is 14.8 Å². The van der Waals surface area contributed by atoms with Gasteiger partial charge >= 0.3 is 0 Å². The lowest BCUT2D eigenvalue weighted by Crippen LogP contribution is -2.41. The number of sulfonamides is 1. The van der Waals surface area contributed by atoms with Crippen molar-refractivity contribution in [1.29, 1.82) is 0 Å². The minimum atomic E-state index is -3.56. The molecule has 1 aliphatic rings. The van der Waals surface area contributed by atoms with Crippen LogP contribution in [0.5, 0.6) is 0 Å². The Kier molecular flexibility index (Phi) is 6.57. The molecule has 0 unspecified atom stereocenters. The lowest BCUT2D eigenvalue weighted by Gasteiger charge is -2.30. The molecule has 150 valence electrons. The first-order valence-electron chi connectivity index (χ1n) is 8.70. The number of hydrogen-bond acceptors (Lipinski definition) is 3. The average molecular weight is 462 g/mol. The molecule has 1 N–H and O–H groups in total. The van der Waals surface area contributed by atoms with Crippen LogP contribution in [0, 0.1) is 12.8 Å². The molecule has 28 heavy (non-hydrogen) atoms. The second-order valence-electron chi connectivity index (χ2n) is 6.73. The predicted octanol–water partition coefficient (Wildman–Crippen LogP) is 4.99. The number of nitrogens with one attached hydrogen (secondary N) is 1. The summed E-state index contributed by atoms with van der Waals surface area (Å²) in [5.41, 5.74) is 1.38. The molecule has 2 aromatic carbocycles. The summed E-state index contributed by atoms with van der Waals surface area (Å²) in [6, 6.07) is 9.73. The number of nitrogens with zero attached hydrogens (tertiary/aromatic N) is 1. The largest absolute Gasteiger partial charge is 0.324 e. The Bertz CT molecular complexity index is 986. The van der Waals surface area contributed by atoms with Crippen molar-refractivity contribution in [3.8, 4) is 0 Å². The SMILES string of the molecule is Cc1ccc(S(=O)(=O)N2CCC(C(=O)Nc3cc(Cl)c(Cl)cc3Cl)CC2)cc1. The van der Waals surface area contributed by atoms with Crippen LogP contribution in [0.1, 0.15) is 18.4 Å². The number of hydrogen-bond donors (Lipinski definition) is 1. The van der Waals surface area contributed by atoms with Crippen LogP contribution in [0.4, 0.5) is 5.69 Å². The molecule has 0 aliphatic carbocycles. The molecular formula is C19H19Cl3N2O3S. The van der Waals surface area contributed by atoms with Crippen LogP contribution < -0.4 is 5.32 Å². The quantitative estimate of drug-likeness (QED) is 0.652. The molecule has 1 aliphatic heterocycles. The fourth-order valence-corrected chi connectivity index (χ4v) is 5.13. The summed E-state index contributed by atoms with van der Waals surface area (Å²) < 4.78 is 26.9. The van der Waals surface area contributed by atoms with Crippen molar-refractivity contribution in [2.75, 3.05) is 18.4 Å². The van der Waals surface area contributed by atoms with E-state index in [-0.39, 0.29) is 29.8 Å². The first kappa shape index (κ1) is 21.4. The van der Waals surface area contributed by atoms with E-state index in [9.17, 15) is 13.2 Å². The third-order valence-electron chi connectivity index (χ3n) is 4.75. The van der Waals surface area contributed by atoms with Crippen LogP contribution in [-0.4, -0.2) is 31.7 Å². The third kappa shape index (κ3) is 4.63. The molecule has 0 spiro atoms. The van der Waals surface area contributed by atoms with Crippen LogP contribution in [0.2, 0.25) is 15.1 Å². The van der Waals surface area contributed by atoms with Crippen LogP contribution >= 0.6 is 34.8 Å². The van der Waals surface area contributed by atoms with Crippen molar-refractivity contribution in [1.82, 2.24) is 4.31 Å². The van der Waals surface area contributed by atoms with Gasteiger partial charge in [0.1, 0.15) is 0 Å². The van der Waals surface area contributed by atoms with Gasteiger partial charge in [-0.1, -0.05) is 52.5 Å². The van der Waals surface area contributed by atoms with E-state index in [0.29, 0.717) is 33.6 Å². The van der Waals surface area contributed by atoms with E-state index in [1.807, 2.05) is 6.92 Å². The van der Waals surface area contributed by atoms with Crippen molar-refractivity contribution < 1.29 is 13.2 Å². The number of piperidine rings is 1. The Hall–Kier alpha value is -1.31. The van der Waals surface area contributed by atoms with Gasteiger partial charge < -0.3 is 5.32 Å². The zero-order chi connectivity index (χ0) is 20.5. The molecule has 1 heterocycles. The number of benzene rings is 2. The summed E-state index contributed by atoms with van der Waals surface area (Å²) in [6.07, 6.45) is 0.853. The molecule has 0 atom stereocenters. The van der Waals surface area contributed by atoms with E-state index >= 15 is 0 Å². The number of rotatable bonds is 4. The van der Waals surface area contributed by atoms with Crippen molar-refractivity contribution >= 4 is 56.4 Å². The molecule has 5 nitrogen and oxygen atoms in total. The van der Waals surface area contributed by atoms with Gasteiger partial charge in [-0.15, -0.1) is 0 Å². The van der Waals surface area contributed by atoms with Gasteiger partial charge in [-0.25, -0.2) is 8.42 Å². The van der Waals surface area contributed by atoms with Gasteiger partial charge in [0.05, 0.1) is 25.7 Å². The van der Waals surface area contributed by atoms with Gasteiger partial charge in [0.15, 0.2) is 0 Å². The van der Waals surface area contributed by atoms with E-state index in [1.165, 1.54) is 16.4 Å². The highest BCUT2D eigenvalue weighted by molar-refractivity contribution is 7.89. The van der Waals surface area contributed by atoms with Gasteiger partial charge in [-0.3, -0.25) is 4.79 Å². The van der Waals surface area contributed by atoms with Crippen molar-refractivity contribution in [2.24, 2.45) is 5.92 Å². The average Bonchev–Trinajstić information content (AvgIpc) is 2.66. The summed E-state index contributed by atoms with van der Waals surface area (Å²) in [5.74, 6) is -0.525. The Labute approximate surface area is 179 Å². The lowest BCUT2D eigenvalue weighted by molar-refractivity contribution is -0.120. The Morgan fingerprint density at radius 1 is 1.00 bits per heavy atom. The van der Waals surface area contributed by atoms with Crippen LogP contribution in [0.25, 0.3) is 0 Å². The molecular weight excluding hydrogens is 443 g/mol. The molecule has 1 amide bonds. The summed E-state index contributed by atoms with van der Waals surface area (Å²) in [6.45, 7) is 2.47. The Morgan fingerprint density at radius 3 is 2.18 bits per heavy atom. The second-order valence-corrected chi connectivity index (χ2v) is 9.89. The fraction of sp³-hybridized carbons (Fsp3) is 0.316. The lowest BCUT2D eigenvalue weighted by atomic mass is 9.97. The Balaban J connectivity index is 1.64. The predicted molar refractivity (Wildman–Crippen MR) is 113 cm³/mol. The van der Waals surface area contributed by atoms with Crippen molar-refractivity contribution in [3.63, 3.8) is 0 Å². The van der Waals surface area contributed by atoms with Crippen molar-refractivity contribution in [3.05, 3.63) is 57.0 Å². The first-order valence-corrected chi connectivity index (χ1v) is 11.3. The number of halogens is 3. The van der Waals surface area contributed by atoms with Crippen LogP contribution in [0.15, 0.2) is 41.3 Å². The number of carbonyl (C=O) groups is 1. The summed E-state index contributed by atoms with van der Waals surface area (Å²) in [5, 5.41) is 3.65. The summed E-state index contributed by atoms with van der Waals surface area (Å²) in [7, 11) is -3.56. The van der Waals surface area contributed by atoms with Gasteiger partial charge in [0, 0.05) is 19.0 Å². The van der Waals surface area contributed by atoms with Crippen LogP contribution in [0.3, 0.4) is 0 Å². The maximum Gasteiger partial charge on any atom is 0.243 e. The van der Waals surface area contributed by atoms with E-state index in [0.717, 1.165) is 5.56 Å². The van der Waals surface area contributed by atoms with Gasteiger partial charge in [0.25, 0.3) is 0 Å². The highest BCUT2D eigenvalue weighted by atomic mass is 35.5. The fourth-order valence-electron chi connectivity index (χ4n) is 3.07. The molecule has 1 fully saturated rings.